The lowest BCUT2D eigenvalue weighted by Gasteiger charge is -2.25. The number of halogens is 1. The Morgan fingerprint density at radius 2 is 1.93 bits per heavy atom. The summed E-state index contributed by atoms with van der Waals surface area (Å²) in [4.78, 5) is 15.9. The Hall–Kier alpha value is -2.16. The van der Waals surface area contributed by atoms with E-state index in [4.69, 9.17) is 0 Å². The fourth-order valence-electron chi connectivity index (χ4n) is 3.39. The first-order chi connectivity index (χ1) is 13.4. The molecule has 0 fully saturated rings. The second-order valence-electron chi connectivity index (χ2n) is 6.41. The summed E-state index contributed by atoms with van der Waals surface area (Å²) in [6.07, 6.45) is 1.65. The minimum Gasteiger partial charge on any atom is -0.332 e. The summed E-state index contributed by atoms with van der Waals surface area (Å²) in [5.74, 6) is -0.266. The van der Waals surface area contributed by atoms with Gasteiger partial charge in [-0.05, 0) is 45.6 Å². The van der Waals surface area contributed by atoms with E-state index < -0.39 is 10.0 Å². The van der Waals surface area contributed by atoms with Gasteiger partial charge in [0.2, 0.25) is 5.91 Å². The first kappa shape index (κ1) is 19.2. The van der Waals surface area contributed by atoms with Gasteiger partial charge in [0.05, 0.1) is 20.9 Å². The van der Waals surface area contributed by atoms with Gasteiger partial charge in [-0.3, -0.25) is 9.10 Å². The molecule has 2 aromatic carbocycles. The van der Waals surface area contributed by atoms with Crippen molar-refractivity contribution in [3.05, 3.63) is 69.8 Å². The summed E-state index contributed by atoms with van der Waals surface area (Å²) in [5.41, 5.74) is 0.555. The van der Waals surface area contributed by atoms with Crippen LogP contribution in [-0.4, -0.2) is 32.3 Å². The van der Waals surface area contributed by atoms with Gasteiger partial charge in [-0.1, -0.05) is 30.3 Å². The maximum atomic E-state index is 13.1. The van der Waals surface area contributed by atoms with Crippen LogP contribution in [0, 0.1) is 0 Å². The van der Waals surface area contributed by atoms with Gasteiger partial charge >= 0.3 is 0 Å². The highest BCUT2D eigenvalue weighted by atomic mass is 79.9. The van der Waals surface area contributed by atoms with Crippen molar-refractivity contribution in [2.75, 3.05) is 17.4 Å². The van der Waals surface area contributed by atoms with Crippen LogP contribution in [0.25, 0.3) is 10.8 Å². The molecule has 1 aliphatic rings. The summed E-state index contributed by atoms with van der Waals surface area (Å²) in [7, 11) is -3.76. The van der Waals surface area contributed by atoms with Crippen LogP contribution in [0.1, 0.15) is 4.88 Å². The summed E-state index contributed by atoms with van der Waals surface area (Å²) in [5, 5.41) is 1.52. The van der Waals surface area contributed by atoms with Crippen LogP contribution in [0.4, 0.5) is 5.69 Å². The Morgan fingerprint density at radius 1 is 1.18 bits per heavy atom. The molecule has 1 aromatic heterocycles. The number of nitrogens with zero attached hydrogens (tertiary/aromatic N) is 2. The third-order valence-electron chi connectivity index (χ3n) is 4.64. The summed E-state index contributed by atoms with van der Waals surface area (Å²) >= 11 is 4.97. The third kappa shape index (κ3) is 3.25. The lowest BCUT2D eigenvalue weighted by molar-refractivity contribution is -0.129. The minimum absolute atomic E-state index is 0.240. The zero-order valence-corrected chi connectivity index (χ0v) is 18.1. The molecule has 3 aromatic rings. The van der Waals surface area contributed by atoms with Crippen molar-refractivity contribution in [1.82, 2.24) is 4.90 Å². The normalized spacial score (nSPS) is 14.4. The maximum Gasteiger partial charge on any atom is 0.265 e. The number of benzene rings is 2. The average molecular weight is 477 g/mol. The molecule has 0 radical (unpaired) electrons. The summed E-state index contributed by atoms with van der Waals surface area (Å²) < 4.78 is 28.3. The number of carbonyl (C=O) groups excluding carboxylic acids is 1. The Kier molecular flexibility index (Phi) is 5.03. The fraction of sp³-hybridized carbons (Fsp3) is 0.150. The van der Waals surface area contributed by atoms with Crippen LogP contribution in [0.2, 0.25) is 0 Å². The highest BCUT2D eigenvalue weighted by Gasteiger charge is 2.37. The largest absolute Gasteiger partial charge is 0.332 e. The lowest BCUT2D eigenvalue weighted by atomic mass is 10.1. The number of rotatable bonds is 6. The van der Waals surface area contributed by atoms with Crippen molar-refractivity contribution in [1.29, 1.82) is 0 Å². The number of amides is 1. The number of anilines is 1. The first-order valence-electron chi connectivity index (χ1n) is 8.59. The topological polar surface area (TPSA) is 57.7 Å². The predicted octanol–water partition coefficient (Wildman–Crippen LogP) is 4.39. The molecule has 28 heavy (non-hydrogen) atoms. The molecule has 4 rings (SSSR count). The zero-order valence-electron chi connectivity index (χ0n) is 14.8. The van der Waals surface area contributed by atoms with Crippen molar-refractivity contribution in [2.45, 2.75) is 11.4 Å². The van der Waals surface area contributed by atoms with Gasteiger partial charge in [0, 0.05) is 16.8 Å². The quantitative estimate of drug-likeness (QED) is 0.495. The summed E-state index contributed by atoms with van der Waals surface area (Å²) in [6.45, 7) is 4.24. The van der Waals surface area contributed by atoms with E-state index in [9.17, 15) is 13.2 Å². The number of hydrogen-bond donors (Lipinski definition) is 0. The first-order valence-corrected chi connectivity index (χ1v) is 11.6. The molecule has 0 aliphatic carbocycles. The Balaban J connectivity index is 1.65. The smallest absolute Gasteiger partial charge is 0.265 e. The van der Waals surface area contributed by atoms with Crippen LogP contribution < -0.4 is 4.31 Å². The predicted molar refractivity (Wildman–Crippen MR) is 116 cm³/mol. The zero-order chi connectivity index (χ0) is 19.9. The highest BCUT2D eigenvalue weighted by molar-refractivity contribution is 9.11. The van der Waals surface area contributed by atoms with Gasteiger partial charge < -0.3 is 4.90 Å². The molecule has 8 heteroatoms. The van der Waals surface area contributed by atoms with Crippen molar-refractivity contribution < 1.29 is 13.2 Å². The van der Waals surface area contributed by atoms with Crippen LogP contribution >= 0.6 is 27.3 Å². The van der Waals surface area contributed by atoms with Crippen LogP contribution in [0.5, 0.6) is 0 Å². The molecule has 0 spiro atoms. The fourth-order valence-corrected chi connectivity index (χ4v) is 6.55. The SMILES string of the molecule is C=CCN(Cc1ccc(Br)s1)C(=O)CN1c2cccc3cccc(c23)S1(=O)=O. The molecule has 2 heterocycles. The van der Waals surface area contributed by atoms with Crippen molar-refractivity contribution in [2.24, 2.45) is 0 Å². The molecule has 1 aliphatic heterocycles. The average Bonchev–Trinajstić information content (AvgIpc) is 3.17. The molecule has 0 saturated heterocycles. The number of thiophene rings is 1. The molecule has 5 nitrogen and oxygen atoms in total. The maximum absolute atomic E-state index is 13.1. The van der Waals surface area contributed by atoms with Crippen molar-refractivity contribution in [3.8, 4) is 0 Å². The van der Waals surface area contributed by atoms with Crippen LogP contribution in [0.3, 0.4) is 0 Å². The van der Waals surface area contributed by atoms with Crippen LogP contribution in [-0.2, 0) is 21.4 Å². The molecular formula is C20H17BrN2O3S2. The van der Waals surface area contributed by atoms with E-state index in [1.54, 1.807) is 40.5 Å². The number of sulfonamides is 1. The third-order valence-corrected chi connectivity index (χ3v) is 8.05. The van der Waals surface area contributed by atoms with Gasteiger partial charge in [-0.15, -0.1) is 17.9 Å². The second kappa shape index (κ2) is 7.35. The Morgan fingerprint density at radius 3 is 2.61 bits per heavy atom. The molecule has 0 atom stereocenters. The van der Waals surface area contributed by atoms with E-state index in [-0.39, 0.29) is 17.3 Å². The van der Waals surface area contributed by atoms with E-state index in [0.29, 0.717) is 24.2 Å². The van der Waals surface area contributed by atoms with Gasteiger partial charge in [0.25, 0.3) is 10.0 Å². The molecule has 0 unspecified atom stereocenters. The van der Waals surface area contributed by atoms with Gasteiger partial charge in [-0.2, -0.15) is 0 Å². The Bertz CT molecular complexity index is 1180. The molecule has 0 saturated carbocycles. The van der Waals surface area contributed by atoms with Crippen molar-refractivity contribution >= 4 is 59.7 Å². The lowest BCUT2D eigenvalue weighted by Crippen LogP contribution is -2.41. The second-order valence-corrected chi connectivity index (χ2v) is 10.8. The van der Waals surface area contributed by atoms with E-state index in [1.807, 2.05) is 30.3 Å². The van der Waals surface area contributed by atoms with E-state index in [0.717, 1.165) is 14.0 Å². The van der Waals surface area contributed by atoms with E-state index in [2.05, 4.69) is 22.5 Å². The highest BCUT2D eigenvalue weighted by Crippen LogP contribution is 2.41. The monoisotopic (exact) mass is 476 g/mol. The van der Waals surface area contributed by atoms with Gasteiger partial charge in [-0.25, -0.2) is 8.42 Å². The van der Waals surface area contributed by atoms with Gasteiger partial charge in [0.1, 0.15) is 6.54 Å². The van der Waals surface area contributed by atoms with Gasteiger partial charge in [0.15, 0.2) is 0 Å². The molecule has 1 amide bonds. The van der Waals surface area contributed by atoms with E-state index >= 15 is 0 Å². The van der Waals surface area contributed by atoms with Crippen molar-refractivity contribution in [3.63, 3.8) is 0 Å². The summed E-state index contributed by atoms with van der Waals surface area (Å²) in [6, 6.07) is 14.5. The number of carbonyl (C=O) groups is 1. The molecular weight excluding hydrogens is 460 g/mol. The standard InChI is InChI=1S/C20H17BrN2O3S2/c1-2-11-22(12-15-9-10-18(21)27-15)19(24)13-23-16-7-3-5-14-6-4-8-17(20(14)16)28(23,25)26/h2-10H,1,11-13H2. The Labute approximate surface area is 176 Å². The van der Waals surface area contributed by atoms with E-state index in [1.165, 1.54) is 4.31 Å². The number of hydrogen-bond acceptors (Lipinski definition) is 4. The molecule has 144 valence electrons. The van der Waals surface area contributed by atoms with Crippen LogP contribution in [0.15, 0.2) is 69.9 Å². The minimum atomic E-state index is -3.76. The molecule has 0 bridgehead atoms. The molecule has 0 N–H and O–H groups in total.